The lowest BCUT2D eigenvalue weighted by Crippen LogP contribution is -2.20. The first kappa shape index (κ1) is 18.2. The van der Waals surface area contributed by atoms with E-state index in [1.165, 1.54) is 0 Å². The number of carbonyl (C=O) groups is 1. The van der Waals surface area contributed by atoms with Gasteiger partial charge in [0, 0.05) is 10.6 Å². The Kier molecular flexibility index (Phi) is 6.10. The van der Waals surface area contributed by atoms with E-state index in [0.29, 0.717) is 37.5 Å². The Balaban J connectivity index is 2.33. The molecule has 0 saturated carbocycles. The minimum atomic E-state index is -0.598. The molecule has 24 heavy (non-hydrogen) atoms. The molecule has 0 aliphatic rings. The number of rotatable bonds is 5. The van der Waals surface area contributed by atoms with Gasteiger partial charge in [0.25, 0.3) is 5.91 Å². The van der Waals surface area contributed by atoms with Crippen LogP contribution in [0, 0.1) is 11.3 Å². The molecule has 0 fully saturated rings. The van der Waals surface area contributed by atoms with Crippen molar-refractivity contribution in [2.24, 2.45) is 5.73 Å². The Hall–Kier alpha value is -2.19. The number of halogens is 3. The zero-order chi connectivity index (χ0) is 17.7. The predicted octanol–water partition coefficient (Wildman–Crippen LogP) is 4.58. The number of amides is 1. The summed E-state index contributed by atoms with van der Waals surface area (Å²) in [6.07, 6.45) is 1.64. The molecule has 0 radical (unpaired) electrons. The molecule has 0 unspecified atom stereocenters. The van der Waals surface area contributed by atoms with E-state index in [1.807, 2.05) is 0 Å². The lowest BCUT2D eigenvalue weighted by atomic mass is 10.0. The standard InChI is InChI=1S/C17H11Cl3N2O2/c18-12-2-3-13(14(19)7-12)11(8-21)5-10-1-4-16(15(20)6-10)24-9-17(22)23/h1-7H,9H2,(H2,22,23)/b11-5+. The molecule has 7 heteroatoms. The largest absolute Gasteiger partial charge is 0.482 e. The van der Waals surface area contributed by atoms with Crippen LogP contribution in [0.4, 0.5) is 0 Å². The van der Waals surface area contributed by atoms with E-state index in [2.05, 4.69) is 6.07 Å². The maximum atomic E-state index is 10.7. The Morgan fingerprint density at radius 1 is 1.17 bits per heavy atom. The van der Waals surface area contributed by atoms with Crippen molar-refractivity contribution < 1.29 is 9.53 Å². The third-order valence-electron chi connectivity index (χ3n) is 2.98. The van der Waals surface area contributed by atoms with Crippen molar-refractivity contribution in [1.29, 1.82) is 5.26 Å². The van der Waals surface area contributed by atoms with E-state index >= 15 is 0 Å². The summed E-state index contributed by atoms with van der Waals surface area (Å²) < 4.78 is 5.17. The first-order valence-electron chi connectivity index (χ1n) is 6.68. The molecule has 1 amide bonds. The summed E-state index contributed by atoms with van der Waals surface area (Å²) in [6, 6.07) is 11.9. The van der Waals surface area contributed by atoms with Gasteiger partial charge in [-0.3, -0.25) is 4.79 Å². The quantitative estimate of drug-likeness (QED) is 0.608. The number of allylic oxidation sites excluding steroid dienone is 1. The number of hydrogen-bond donors (Lipinski definition) is 1. The van der Waals surface area contributed by atoms with Gasteiger partial charge in [-0.1, -0.05) is 46.9 Å². The molecule has 2 aromatic carbocycles. The highest BCUT2D eigenvalue weighted by Gasteiger charge is 2.09. The summed E-state index contributed by atoms with van der Waals surface area (Å²) in [5.74, 6) is -0.269. The molecular formula is C17H11Cl3N2O2. The van der Waals surface area contributed by atoms with Crippen LogP contribution in [-0.2, 0) is 4.79 Å². The highest BCUT2D eigenvalue weighted by Crippen LogP contribution is 2.30. The van der Waals surface area contributed by atoms with Crippen LogP contribution in [0.1, 0.15) is 11.1 Å². The molecule has 2 N–H and O–H groups in total. The zero-order valence-electron chi connectivity index (χ0n) is 12.2. The second-order valence-corrected chi connectivity index (χ2v) is 5.99. The number of nitrogens with zero attached hydrogens (tertiary/aromatic N) is 1. The van der Waals surface area contributed by atoms with Crippen molar-refractivity contribution in [2.45, 2.75) is 0 Å². The van der Waals surface area contributed by atoms with E-state index in [9.17, 15) is 10.1 Å². The van der Waals surface area contributed by atoms with E-state index in [1.54, 1.807) is 42.5 Å². The van der Waals surface area contributed by atoms with Crippen molar-refractivity contribution in [2.75, 3.05) is 6.61 Å². The summed E-state index contributed by atoms with van der Waals surface area (Å²) in [7, 11) is 0. The molecule has 122 valence electrons. The van der Waals surface area contributed by atoms with Gasteiger partial charge in [-0.2, -0.15) is 5.26 Å². The van der Waals surface area contributed by atoms with Crippen molar-refractivity contribution in [3.05, 3.63) is 62.6 Å². The van der Waals surface area contributed by atoms with E-state index in [4.69, 9.17) is 45.3 Å². The van der Waals surface area contributed by atoms with Gasteiger partial charge in [0.2, 0.25) is 0 Å². The minimum absolute atomic E-state index is 0.265. The molecule has 2 rings (SSSR count). The Labute approximate surface area is 154 Å². The maximum absolute atomic E-state index is 10.7. The van der Waals surface area contributed by atoms with Crippen LogP contribution < -0.4 is 10.5 Å². The molecule has 0 atom stereocenters. The van der Waals surface area contributed by atoms with Crippen LogP contribution >= 0.6 is 34.8 Å². The Morgan fingerprint density at radius 3 is 2.50 bits per heavy atom. The fourth-order valence-corrected chi connectivity index (χ4v) is 2.67. The lowest BCUT2D eigenvalue weighted by molar-refractivity contribution is -0.119. The second-order valence-electron chi connectivity index (χ2n) is 4.74. The first-order valence-corrected chi connectivity index (χ1v) is 7.82. The maximum Gasteiger partial charge on any atom is 0.255 e. The number of nitrogens with two attached hydrogens (primary N) is 1. The minimum Gasteiger partial charge on any atom is -0.482 e. The SMILES string of the molecule is N#C/C(=C\c1ccc(OCC(N)=O)c(Cl)c1)c1ccc(Cl)cc1Cl. The van der Waals surface area contributed by atoms with Crippen LogP contribution in [0.5, 0.6) is 5.75 Å². The Morgan fingerprint density at radius 2 is 1.92 bits per heavy atom. The number of primary amides is 1. The molecule has 0 aliphatic carbocycles. The molecule has 0 bridgehead atoms. The van der Waals surface area contributed by atoms with Gasteiger partial charge >= 0.3 is 0 Å². The van der Waals surface area contributed by atoms with Crippen LogP contribution in [0.15, 0.2) is 36.4 Å². The van der Waals surface area contributed by atoms with Crippen LogP contribution in [0.3, 0.4) is 0 Å². The zero-order valence-corrected chi connectivity index (χ0v) is 14.5. The molecule has 0 aromatic heterocycles. The summed E-state index contributed by atoms with van der Waals surface area (Å²) >= 11 is 18.1. The van der Waals surface area contributed by atoms with Gasteiger partial charge in [-0.25, -0.2) is 0 Å². The van der Waals surface area contributed by atoms with Crippen molar-refractivity contribution in [1.82, 2.24) is 0 Å². The first-order chi connectivity index (χ1) is 11.4. The van der Waals surface area contributed by atoms with E-state index in [0.717, 1.165) is 0 Å². The average molecular weight is 382 g/mol. The van der Waals surface area contributed by atoms with E-state index < -0.39 is 5.91 Å². The van der Waals surface area contributed by atoms with Gasteiger partial charge in [0.05, 0.1) is 21.7 Å². The molecular weight excluding hydrogens is 371 g/mol. The normalized spacial score (nSPS) is 11.0. The molecule has 4 nitrogen and oxygen atoms in total. The third-order valence-corrected chi connectivity index (χ3v) is 3.82. The average Bonchev–Trinajstić information content (AvgIpc) is 2.52. The van der Waals surface area contributed by atoms with Crippen molar-refractivity contribution >= 4 is 52.4 Å². The van der Waals surface area contributed by atoms with Crippen LogP contribution in [-0.4, -0.2) is 12.5 Å². The topological polar surface area (TPSA) is 76.1 Å². The molecule has 2 aromatic rings. The highest BCUT2D eigenvalue weighted by atomic mass is 35.5. The summed E-state index contributed by atoms with van der Waals surface area (Å²) in [5, 5.41) is 10.5. The lowest BCUT2D eigenvalue weighted by Gasteiger charge is -2.07. The number of hydrogen-bond acceptors (Lipinski definition) is 3. The van der Waals surface area contributed by atoms with Gasteiger partial charge in [0.1, 0.15) is 5.75 Å². The monoisotopic (exact) mass is 380 g/mol. The number of ether oxygens (including phenoxy) is 1. The molecule has 0 aliphatic heterocycles. The molecule has 0 spiro atoms. The smallest absolute Gasteiger partial charge is 0.255 e. The number of benzene rings is 2. The van der Waals surface area contributed by atoms with Crippen molar-refractivity contribution in [3.8, 4) is 11.8 Å². The summed E-state index contributed by atoms with van der Waals surface area (Å²) in [5.41, 5.74) is 6.62. The molecule has 0 heterocycles. The highest BCUT2D eigenvalue weighted by molar-refractivity contribution is 6.36. The van der Waals surface area contributed by atoms with Crippen LogP contribution in [0.2, 0.25) is 15.1 Å². The van der Waals surface area contributed by atoms with Gasteiger partial charge in [-0.05, 0) is 35.9 Å². The van der Waals surface area contributed by atoms with E-state index in [-0.39, 0.29) is 6.61 Å². The predicted molar refractivity (Wildman–Crippen MR) is 96.1 cm³/mol. The fraction of sp³-hybridized carbons (Fsp3) is 0.0588. The Bertz CT molecular complexity index is 857. The summed E-state index contributed by atoms with van der Waals surface area (Å²) in [4.78, 5) is 10.7. The second kappa shape index (κ2) is 8.07. The summed E-state index contributed by atoms with van der Waals surface area (Å²) in [6.45, 7) is -0.265. The van der Waals surface area contributed by atoms with Crippen molar-refractivity contribution in [3.63, 3.8) is 0 Å². The van der Waals surface area contributed by atoms with Gasteiger partial charge in [-0.15, -0.1) is 0 Å². The number of nitriles is 1. The van der Waals surface area contributed by atoms with Crippen LogP contribution in [0.25, 0.3) is 11.6 Å². The van der Waals surface area contributed by atoms with Gasteiger partial charge < -0.3 is 10.5 Å². The van der Waals surface area contributed by atoms with Gasteiger partial charge in [0.15, 0.2) is 6.61 Å². The number of carbonyl (C=O) groups excluding carboxylic acids is 1. The molecule has 0 saturated heterocycles. The fourth-order valence-electron chi connectivity index (χ4n) is 1.92. The third kappa shape index (κ3) is 4.65.